The normalized spacial score (nSPS) is 13.0. The van der Waals surface area contributed by atoms with Crippen molar-refractivity contribution in [3.05, 3.63) is 71.4 Å². The van der Waals surface area contributed by atoms with Crippen LogP contribution >= 0.6 is 51.1 Å². The van der Waals surface area contributed by atoms with E-state index in [0.717, 1.165) is 15.8 Å². The van der Waals surface area contributed by atoms with Gasteiger partial charge < -0.3 is 5.11 Å². The first kappa shape index (κ1) is 16.7. The molecule has 1 N–H and O–H groups in total. The standard InChI is InChI=1S/C17H8BrClN2O2S2/c18-8-5-6-11-9(7-8)13(15(22)20-11)14-16(23)21(17(24)25-14)12-4-2-1-3-10(12)19/h1-7,23H. The lowest BCUT2D eigenvalue weighted by Crippen LogP contribution is -2.22. The Bertz CT molecular complexity index is 1230. The Morgan fingerprint density at radius 2 is 2.00 bits per heavy atom. The average molecular weight is 452 g/mol. The van der Waals surface area contributed by atoms with Gasteiger partial charge in [-0.3, -0.25) is 9.36 Å². The minimum Gasteiger partial charge on any atom is -0.493 e. The monoisotopic (exact) mass is 450 g/mol. The summed E-state index contributed by atoms with van der Waals surface area (Å²) in [5.41, 5.74) is 0.905. The van der Waals surface area contributed by atoms with Crippen molar-refractivity contribution in [2.75, 3.05) is 0 Å². The molecule has 3 aromatic rings. The summed E-state index contributed by atoms with van der Waals surface area (Å²) >= 11 is 16.2. The van der Waals surface area contributed by atoms with Crippen LogP contribution in [0.15, 0.2) is 51.9 Å². The van der Waals surface area contributed by atoms with Crippen molar-refractivity contribution in [1.82, 2.24) is 4.57 Å². The van der Waals surface area contributed by atoms with Crippen molar-refractivity contribution in [1.29, 1.82) is 0 Å². The first-order valence-corrected chi connectivity index (χ1v) is 9.50. The van der Waals surface area contributed by atoms with Gasteiger partial charge >= 0.3 is 0 Å². The molecule has 25 heavy (non-hydrogen) atoms. The molecule has 0 aliphatic carbocycles. The molecule has 0 saturated heterocycles. The molecule has 0 unspecified atom stereocenters. The van der Waals surface area contributed by atoms with Crippen LogP contribution in [0.2, 0.25) is 5.02 Å². The molecule has 0 saturated carbocycles. The van der Waals surface area contributed by atoms with E-state index in [0.29, 0.717) is 35.7 Å². The highest BCUT2D eigenvalue weighted by atomic mass is 79.9. The Balaban J connectivity index is 2.04. The fraction of sp³-hybridized carbons (Fsp3) is 0. The van der Waals surface area contributed by atoms with Gasteiger partial charge in [-0.25, -0.2) is 4.99 Å². The number of fused-ring (bicyclic) bond motifs is 1. The number of halogens is 2. The first-order chi connectivity index (χ1) is 12.0. The fourth-order valence-corrected chi connectivity index (χ4v) is 4.63. The predicted molar refractivity (Wildman–Crippen MR) is 104 cm³/mol. The Morgan fingerprint density at radius 3 is 2.76 bits per heavy atom. The van der Waals surface area contributed by atoms with E-state index in [4.69, 9.17) is 23.8 Å². The maximum absolute atomic E-state index is 12.4. The highest BCUT2D eigenvalue weighted by molar-refractivity contribution is 9.10. The van der Waals surface area contributed by atoms with Gasteiger partial charge in [-0.15, -0.1) is 11.3 Å². The number of aromatic nitrogens is 1. The summed E-state index contributed by atoms with van der Waals surface area (Å²) in [5, 5.41) is 12.5. The van der Waals surface area contributed by atoms with Crippen LogP contribution in [0.4, 0.5) is 0 Å². The van der Waals surface area contributed by atoms with E-state index in [-0.39, 0.29) is 5.88 Å². The number of carbonyl (C=O) groups is 1. The van der Waals surface area contributed by atoms with Gasteiger partial charge in [-0.1, -0.05) is 39.7 Å². The zero-order valence-electron chi connectivity index (χ0n) is 12.4. The van der Waals surface area contributed by atoms with Gasteiger partial charge in [0.1, 0.15) is 4.88 Å². The second-order valence-electron chi connectivity index (χ2n) is 5.26. The van der Waals surface area contributed by atoms with Crippen LogP contribution in [0, 0.1) is 3.95 Å². The Kier molecular flexibility index (Phi) is 4.11. The molecule has 2 aromatic carbocycles. The van der Waals surface area contributed by atoms with Gasteiger partial charge in [0.15, 0.2) is 3.95 Å². The summed E-state index contributed by atoms with van der Waals surface area (Å²) in [7, 11) is 0. The van der Waals surface area contributed by atoms with Gasteiger partial charge in [-0.05, 0) is 42.5 Å². The molecule has 0 atom stereocenters. The van der Waals surface area contributed by atoms with Crippen LogP contribution in [0.3, 0.4) is 0 Å². The average Bonchev–Trinajstić information content (AvgIpc) is 3.03. The summed E-state index contributed by atoms with van der Waals surface area (Å²) in [5.74, 6) is -0.513. The molecule has 0 bridgehead atoms. The van der Waals surface area contributed by atoms with Crippen molar-refractivity contribution < 1.29 is 9.90 Å². The highest BCUT2D eigenvalue weighted by Crippen LogP contribution is 2.36. The van der Waals surface area contributed by atoms with Gasteiger partial charge in [0.05, 0.1) is 21.6 Å². The number of benzene rings is 2. The molecule has 124 valence electrons. The van der Waals surface area contributed by atoms with E-state index < -0.39 is 5.91 Å². The number of aromatic hydroxyl groups is 1. The second-order valence-corrected chi connectivity index (χ2v) is 8.23. The minimum atomic E-state index is -0.397. The third-order valence-electron chi connectivity index (χ3n) is 3.77. The first-order valence-electron chi connectivity index (χ1n) is 7.10. The molecule has 0 fully saturated rings. The molecule has 8 heteroatoms. The largest absolute Gasteiger partial charge is 0.493 e. The fourth-order valence-electron chi connectivity index (χ4n) is 2.68. The number of hydrogen-bond acceptors (Lipinski definition) is 4. The Morgan fingerprint density at radius 1 is 1.24 bits per heavy atom. The Labute approximate surface area is 164 Å². The molecular formula is C17H8BrClN2O2S2. The van der Waals surface area contributed by atoms with E-state index >= 15 is 0 Å². The number of carbonyl (C=O) groups excluding carboxylic acids is 1. The van der Waals surface area contributed by atoms with Crippen molar-refractivity contribution in [2.24, 2.45) is 4.99 Å². The molecule has 1 amide bonds. The lowest BCUT2D eigenvalue weighted by Gasteiger charge is -2.07. The molecule has 2 heterocycles. The molecule has 4 nitrogen and oxygen atoms in total. The third kappa shape index (κ3) is 2.67. The summed E-state index contributed by atoms with van der Waals surface area (Å²) in [4.78, 5) is 16.9. The number of para-hydroxylation sites is 1. The molecule has 0 spiro atoms. The molecule has 4 rings (SSSR count). The lowest BCUT2D eigenvalue weighted by atomic mass is 10.1. The zero-order valence-corrected chi connectivity index (χ0v) is 16.3. The summed E-state index contributed by atoms with van der Waals surface area (Å²) in [6.07, 6.45) is 0. The van der Waals surface area contributed by atoms with Crippen LogP contribution in [0.25, 0.3) is 11.3 Å². The van der Waals surface area contributed by atoms with E-state index in [9.17, 15) is 9.90 Å². The maximum Gasteiger partial charge on any atom is 0.279 e. The summed E-state index contributed by atoms with van der Waals surface area (Å²) in [6.45, 7) is 0. The van der Waals surface area contributed by atoms with Crippen LogP contribution < -0.4 is 10.6 Å². The van der Waals surface area contributed by atoms with Gasteiger partial charge in [0, 0.05) is 9.69 Å². The summed E-state index contributed by atoms with van der Waals surface area (Å²) < 4.78 is 2.68. The van der Waals surface area contributed by atoms with Crippen LogP contribution in [-0.2, 0) is 4.79 Å². The van der Waals surface area contributed by atoms with E-state index in [1.165, 1.54) is 4.57 Å². The molecule has 0 radical (unpaired) electrons. The number of rotatable bonds is 2. The molecule has 1 aliphatic rings. The number of amides is 1. The molecular weight excluding hydrogens is 444 g/mol. The SMILES string of the molecule is O=C1N=c2ccc(Br)cc2=C1c1sc(=S)n(-c2ccccc2Cl)c1O. The van der Waals surface area contributed by atoms with E-state index in [1.807, 2.05) is 6.07 Å². The topological polar surface area (TPSA) is 54.6 Å². The van der Waals surface area contributed by atoms with Crippen LogP contribution in [0.5, 0.6) is 5.88 Å². The van der Waals surface area contributed by atoms with Crippen molar-refractivity contribution in [3.63, 3.8) is 0 Å². The van der Waals surface area contributed by atoms with E-state index in [1.54, 1.807) is 36.4 Å². The van der Waals surface area contributed by atoms with Crippen molar-refractivity contribution >= 4 is 62.6 Å². The van der Waals surface area contributed by atoms with Gasteiger partial charge in [0.2, 0.25) is 5.88 Å². The van der Waals surface area contributed by atoms with Crippen LogP contribution in [-0.4, -0.2) is 15.6 Å². The van der Waals surface area contributed by atoms with E-state index in [2.05, 4.69) is 20.9 Å². The molecule has 1 aliphatic heterocycles. The van der Waals surface area contributed by atoms with Crippen LogP contribution in [0.1, 0.15) is 4.88 Å². The number of nitrogens with zero attached hydrogens (tertiary/aromatic N) is 2. The maximum atomic E-state index is 12.4. The minimum absolute atomic E-state index is 0.116. The van der Waals surface area contributed by atoms with Crippen molar-refractivity contribution in [2.45, 2.75) is 0 Å². The van der Waals surface area contributed by atoms with Gasteiger partial charge in [0.25, 0.3) is 5.91 Å². The highest BCUT2D eigenvalue weighted by Gasteiger charge is 2.26. The lowest BCUT2D eigenvalue weighted by molar-refractivity contribution is -0.112. The second kappa shape index (κ2) is 6.17. The smallest absolute Gasteiger partial charge is 0.279 e. The predicted octanol–water partition coefficient (Wildman–Crippen LogP) is 3.75. The number of hydrogen-bond donors (Lipinski definition) is 1. The Hall–Kier alpha value is -1.80. The van der Waals surface area contributed by atoms with Crippen molar-refractivity contribution in [3.8, 4) is 11.6 Å². The zero-order chi connectivity index (χ0) is 17.7. The summed E-state index contributed by atoms with van der Waals surface area (Å²) in [6, 6.07) is 12.4. The number of thiazole rings is 1. The third-order valence-corrected chi connectivity index (χ3v) is 5.96. The quantitative estimate of drug-likeness (QED) is 0.604. The molecule has 1 aromatic heterocycles. The van der Waals surface area contributed by atoms with Gasteiger partial charge in [-0.2, -0.15) is 0 Å².